The molecule has 1 aromatic heterocycles. The highest BCUT2D eigenvalue weighted by Gasteiger charge is 2.43. The van der Waals surface area contributed by atoms with Crippen LogP contribution in [0, 0.1) is 5.92 Å². The number of carbonyl (C=O) groups excluding carboxylic acids is 2. The maximum atomic E-state index is 13.4. The Kier molecular flexibility index (Phi) is 7.59. The highest BCUT2D eigenvalue weighted by molar-refractivity contribution is 5.97. The maximum absolute atomic E-state index is 13.4. The van der Waals surface area contributed by atoms with Crippen LogP contribution in [0.4, 0.5) is 5.69 Å². The Morgan fingerprint density at radius 3 is 2.57 bits per heavy atom. The molecule has 0 aliphatic carbocycles. The van der Waals surface area contributed by atoms with Crippen molar-refractivity contribution in [2.24, 2.45) is 5.92 Å². The number of aryl methyl sites for hydroxylation is 1. The molecule has 2 atom stereocenters. The molecule has 0 spiro atoms. The van der Waals surface area contributed by atoms with Crippen molar-refractivity contribution in [1.29, 1.82) is 0 Å². The number of hydrogen-bond acceptors (Lipinski definition) is 8. The van der Waals surface area contributed by atoms with Gasteiger partial charge in [-0.2, -0.15) is 0 Å². The molecule has 2 aromatic carbocycles. The predicted molar refractivity (Wildman–Crippen MR) is 127 cm³/mol. The number of ether oxygens (including phenoxy) is 3. The molecule has 35 heavy (non-hydrogen) atoms. The van der Waals surface area contributed by atoms with Crippen LogP contribution in [0.5, 0.6) is 11.5 Å². The van der Waals surface area contributed by atoms with Crippen LogP contribution in [-0.2, 0) is 27.5 Å². The number of carbonyl (C=O) groups is 2. The SMILES string of the molecule is CCCn1nnnc1COC(=O)[C@@H]1CCC(=O)N(c2ccc(OC)cc2)[C@H]1c1ccccc1OC. The number of esters is 1. The average molecular weight is 480 g/mol. The number of para-hydroxylation sites is 1. The molecule has 4 rings (SSSR count). The Bertz CT molecular complexity index is 1160. The summed E-state index contributed by atoms with van der Waals surface area (Å²) in [5.41, 5.74) is 1.40. The van der Waals surface area contributed by atoms with Crippen molar-refractivity contribution >= 4 is 17.6 Å². The minimum atomic E-state index is -0.611. The molecule has 2 heterocycles. The first-order chi connectivity index (χ1) is 17.1. The van der Waals surface area contributed by atoms with Gasteiger partial charge in [0.1, 0.15) is 11.5 Å². The van der Waals surface area contributed by atoms with Crippen molar-refractivity contribution < 1.29 is 23.8 Å². The summed E-state index contributed by atoms with van der Waals surface area (Å²) in [6.45, 7) is 2.60. The van der Waals surface area contributed by atoms with Gasteiger partial charge in [-0.3, -0.25) is 9.59 Å². The highest BCUT2D eigenvalue weighted by atomic mass is 16.5. The van der Waals surface area contributed by atoms with Crippen molar-refractivity contribution in [3.05, 3.63) is 59.9 Å². The van der Waals surface area contributed by atoms with E-state index in [1.54, 1.807) is 35.9 Å². The summed E-state index contributed by atoms with van der Waals surface area (Å²) >= 11 is 0. The number of anilines is 1. The van der Waals surface area contributed by atoms with Crippen molar-refractivity contribution in [3.8, 4) is 11.5 Å². The van der Waals surface area contributed by atoms with E-state index in [2.05, 4.69) is 15.5 Å². The van der Waals surface area contributed by atoms with Crippen LogP contribution in [0.15, 0.2) is 48.5 Å². The summed E-state index contributed by atoms with van der Waals surface area (Å²) in [7, 11) is 3.16. The van der Waals surface area contributed by atoms with Crippen molar-refractivity contribution in [3.63, 3.8) is 0 Å². The molecule has 10 nitrogen and oxygen atoms in total. The Hall–Kier alpha value is -3.95. The third-order valence-corrected chi connectivity index (χ3v) is 6.09. The van der Waals surface area contributed by atoms with E-state index in [9.17, 15) is 9.59 Å². The zero-order valence-corrected chi connectivity index (χ0v) is 20.1. The van der Waals surface area contributed by atoms with E-state index in [4.69, 9.17) is 14.2 Å². The number of hydrogen-bond donors (Lipinski definition) is 0. The lowest BCUT2D eigenvalue weighted by Gasteiger charge is -2.40. The van der Waals surface area contributed by atoms with Gasteiger partial charge >= 0.3 is 5.97 Å². The van der Waals surface area contributed by atoms with Gasteiger partial charge in [0, 0.05) is 24.2 Å². The molecular formula is C25H29N5O5. The minimum Gasteiger partial charge on any atom is -0.497 e. The number of aromatic nitrogens is 4. The summed E-state index contributed by atoms with van der Waals surface area (Å²) in [5.74, 6) is 0.637. The molecule has 0 saturated carbocycles. The quantitative estimate of drug-likeness (QED) is 0.430. The summed E-state index contributed by atoms with van der Waals surface area (Å²) in [4.78, 5) is 28.3. The monoisotopic (exact) mass is 479 g/mol. The van der Waals surface area contributed by atoms with Gasteiger partial charge in [0.2, 0.25) is 5.91 Å². The van der Waals surface area contributed by atoms with Crippen LogP contribution in [0.1, 0.15) is 43.6 Å². The number of piperidine rings is 1. The number of benzene rings is 2. The summed E-state index contributed by atoms with van der Waals surface area (Å²) in [6, 6.07) is 14.0. The molecular weight excluding hydrogens is 450 g/mol. The lowest BCUT2D eigenvalue weighted by molar-refractivity contribution is -0.152. The Morgan fingerprint density at radius 2 is 1.86 bits per heavy atom. The minimum absolute atomic E-state index is 0.0442. The maximum Gasteiger partial charge on any atom is 0.311 e. The van der Waals surface area contributed by atoms with E-state index in [1.807, 2.05) is 43.3 Å². The highest BCUT2D eigenvalue weighted by Crippen LogP contribution is 2.43. The molecule has 10 heteroatoms. The fourth-order valence-electron chi connectivity index (χ4n) is 4.41. The van der Waals surface area contributed by atoms with Gasteiger partial charge in [-0.05, 0) is 53.6 Å². The Morgan fingerprint density at radius 1 is 1.09 bits per heavy atom. The first-order valence-corrected chi connectivity index (χ1v) is 11.6. The number of methoxy groups -OCH3 is 2. The fourth-order valence-corrected chi connectivity index (χ4v) is 4.41. The van der Waals surface area contributed by atoms with Crippen LogP contribution < -0.4 is 14.4 Å². The van der Waals surface area contributed by atoms with Crippen LogP contribution in [0.3, 0.4) is 0 Å². The second kappa shape index (κ2) is 11.0. The summed E-state index contributed by atoms with van der Waals surface area (Å²) < 4.78 is 18.2. The second-order valence-electron chi connectivity index (χ2n) is 8.22. The second-order valence-corrected chi connectivity index (χ2v) is 8.22. The van der Waals surface area contributed by atoms with Crippen LogP contribution in [0.25, 0.3) is 0 Å². The third kappa shape index (κ3) is 5.11. The van der Waals surface area contributed by atoms with E-state index >= 15 is 0 Å². The normalized spacial score (nSPS) is 17.8. The van der Waals surface area contributed by atoms with Gasteiger partial charge in [0.25, 0.3) is 0 Å². The Balaban J connectivity index is 1.68. The average Bonchev–Trinajstić information content (AvgIpc) is 3.34. The van der Waals surface area contributed by atoms with Gasteiger partial charge in [0.05, 0.1) is 26.2 Å². The van der Waals surface area contributed by atoms with Gasteiger partial charge in [-0.1, -0.05) is 25.1 Å². The zero-order chi connectivity index (χ0) is 24.8. The van der Waals surface area contributed by atoms with Gasteiger partial charge in [-0.15, -0.1) is 5.10 Å². The van der Waals surface area contributed by atoms with Crippen molar-refractivity contribution in [2.75, 3.05) is 19.1 Å². The molecule has 1 amide bonds. The fraction of sp³-hybridized carbons (Fsp3) is 0.400. The third-order valence-electron chi connectivity index (χ3n) is 6.09. The molecule has 0 radical (unpaired) electrons. The molecule has 0 unspecified atom stereocenters. The number of amides is 1. The molecule has 1 aliphatic rings. The van der Waals surface area contributed by atoms with E-state index in [1.165, 1.54) is 0 Å². The summed E-state index contributed by atoms with van der Waals surface area (Å²) in [5, 5.41) is 11.6. The molecule has 0 N–H and O–H groups in total. The predicted octanol–water partition coefficient (Wildman–Crippen LogP) is 3.33. The van der Waals surface area contributed by atoms with Gasteiger partial charge in [-0.25, -0.2) is 4.68 Å². The molecule has 1 aliphatic heterocycles. The van der Waals surface area contributed by atoms with Crippen molar-refractivity contribution in [2.45, 2.75) is 45.4 Å². The van der Waals surface area contributed by atoms with E-state index in [0.717, 1.165) is 12.0 Å². The number of tetrazole rings is 1. The molecule has 1 fully saturated rings. The van der Waals surface area contributed by atoms with E-state index in [-0.39, 0.29) is 18.9 Å². The standard InChI is InChI=1S/C25H29N5O5/c1-4-15-29-22(26-27-28-29)16-35-25(32)20-13-14-23(31)30(17-9-11-18(33-2)12-10-17)24(20)19-7-5-6-8-21(19)34-3/h5-12,20,24H,4,13-16H2,1-3H3/t20-,24+/m1/s1. The topological polar surface area (TPSA) is 109 Å². The van der Waals surface area contributed by atoms with E-state index < -0.39 is 17.9 Å². The Labute approximate surface area is 203 Å². The number of rotatable bonds is 9. The zero-order valence-electron chi connectivity index (χ0n) is 20.1. The largest absolute Gasteiger partial charge is 0.497 e. The lowest BCUT2D eigenvalue weighted by atomic mass is 9.83. The van der Waals surface area contributed by atoms with Crippen LogP contribution >= 0.6 is 0 Å². The van der Waals surface area contributed by atoms with Gasteiger partial charge in [0.15, 0.2) is 12.4 Å². The first-order valence-electron chi connectivity index (χ1n) is 11.6. The smallest absolute Gasteiger partial charge is 0.311 e. The van der Waals surface area contributed by atoms with Gasteiger partial charge < -0.3 is 19.1 Å². The molecule has 184 valence electrons. The summed E-state index contributed by atoms with van der Waals surface area (Å²) in [6.07, 6.45) is 1.42. The lowest BCUT2D eigenvalue weighted by Crippen LogP contribution is -2.46. The first kappa shape index (κ1) is 24.2. The van der Waals surface area contributed by atoms with Crippen LogP contribution in [-0.4, -0.2) is 46.3 Å². The van der Waals surface area contributed by atoms with E-state index in [0.29, 0.717) is 36.0 Å². The van der Waals surface area contributed by atoms with Crippen molar-refractivity contribution in [1.82, 2.24) is 20.2 Å². The van der Waals surface area contributed by atoms with Crippen LogP contribution in [0.2, 0.25) is 0 Å². The molecule has 3 aromatic rings. The molecule has 1 saturated heterocycles. The number of nitrogens with zero attached hydrogens (tertiary/aromatic N) is 5. The molecule has 0 bridgehead atoms.